The van der Waals surface area contributed by atoms with Crippen LogP contribution in [0.3, 0.4) is 0 Å². The fraction of sp³-hybridized carbons (Fsp3) is 0.345. The van der Waals surface area contributed by atoms with Crippen molar-refractivity contribution in [2.24, 2.45) is 5.73 Å². The van der Waals surface area contributed by atoms with E-state index in [1.54, 1.807) is 39.0 Å². The first kappa shape index (κ1) is 33.1. The highest BCUT2D eigenvalue weighted by molar-refractivity contribution is 5.97. The van der Waals surface area contributed by atoms with Crippen LogP contribution in [-0.4, -0.2) is 44.1 Å². The highest BCUT2D eigenvalue weighted by atomic mass is 16.6. The Morgan fingerprint density at radius 1 is 1.17 bits per heavy atom. The number of carbonyl (C=O) groups is 2. The summed E-state index contributed by atoms with van der Waals surface area (Å²) in [5.41, 5.74) is 12.4. The fourth-order valence-electron chi connectivity index (χ4n) is 3.86. The highest BCUT2D eigenvalue weighted by Crippen LogP contribution is 2.26. The van der Waals surface area contributed by atoms with Gasteiger partial charge in [-0.3, -0.25) is 24.9 Å². The molecule has 0 saturated heterocycles. The molecular weight excluding hydrogens is 540 g/mol. The molecule has 3 rings (SSSR count). The number of nitrogens with one attached hydrogen (secondary N) is 4. The van der Waals surface area contributed by atoms with Gasteiger partial charge in [0.1, 0.15) is 23.7 Å². The zero-order valence-electron chi connectivity index (χ0n) is 23.7. The molecule has 0 radical (unpaired) electrons. The molecule has 13 nitrogen and oxygen atoms in total. The second kappa shape index (κ2) is 13.5. The Labute approximate surface area is 244 Å². The molecule has 0 saturated carbocycles. The molecular formula is C29H40N8O5. The summed E-state index contributed by atoms with van der Waals surface area (Å²) < 4.78 is 6.57. The summed E-state index contributed by atoms with van der Waals surface area (Å²) in [6.45, 7) is 8.62. The predicted molar refractivity (Wildman–Crippen MR) is 165 cm³/mol. The van der Waals surface area contributed by atoms with E-state index in [1.165, 1.54) is 29.0 Å². The molecule has 0 aliphatic carbocycles. The van der Waals surface area contributed by atoms with Gasteiger partial charge < -0.3 is 31.9 Å². The Bertz CT molecular complexity index is 1530. The average Bonchev–Trinajstić information content (AvgIpc) is 2.83. The van der Waals surface area contributed by atoms with Crippen LogP contribution in [0.1, 0.15) is 53.2 Å². The van der Waals surface area contributed by atoms with Gasteiger partial charge >= 0.3 is 6.09 Å². The number of rotatable bonds is 9. The molecule has 0 fully saturated rings. The van der Waals surface area contributed by atoms with Gasteiger partial charge in [-0.1, -0.05) is 13.5 Å². The Morgan fingerprint density at radius 2 is 1.86 bits per heavy atom. The van der Waals surface area contributed by atoms with Crippen LogP contribution in [0.2, 0.25) is 0 Å². The van der Waals surface area contributed by atoms with Crippen molar-refractivity contribution < 1.29 is 19.4 Å². The summed E-state index contributed by atoms with van der Waals surface area (Å²) in [7, 11) is 0. The van der Waals surface area contributed by atoms with Gasteiger partial charge in [0.15, 0.2) is 5.82 Å². The van der Waals surface area contributed by atoms with Crippen LogP contribution in [0.25, 0.3) is 11.3 Å². The summed E-state index contributed by atoms with van der Waals surface area (Å²) in [6.07, 6.45) is 0.770. The van der Waals surface area contributed by atoms with E-state index >= 15 is 0 Å². The normalized spacial score (nSPS) is 10.9. The lowest BCUT2D eigenvalue weighted by Gasteiger charge is -2.20. The van der Waals surface area contributed by atoms with Crippen LogP contribution >= 0.6 is 0 Å². The summed E-state index contributed by atoms with van der Waals surface area (Å²) in [4.78, 5) is 43.0. The van der Waals surface area contributed by atoms with Crippen molar-refractivity contribution >= 4 is 35.0 Å². The average molecular weight is 581 g/mol. The number of nitrogen functional groups attached to an aromatic ring is 2. The lowest BCUT2D eigenvalue weighted by Crippen LogP contribution is -2.35. The summed E-state index contributed by atoms with van der Waals surface area (Å²) in [5, 5.41) is 25.9. The van der Waals surface area contributed by atoms with Crippen molar-refractivity contribution in [1.29, 1.82) is 5.41 Å². The number of nitrogens with two attached hydrogens (primary N) is 2. The van der Waals surface area contributed by atoms with Crippen molar-refractivity contribution in [3.8, 4) is 17.0 Å². The number of aromatic hydroxyl groups is 1. The summed E-state index contributed by atoms with van der Waals surface area (Å²) >= 11 is 0. The number of nitrogens with zero attached hydrogens (tertiary/aromatic N) is 2. The number of hydrogen-bond acceptors (Lipinski definition) is 9. The minimum absolute atomic E-state index is 0. The number of ether oxygens (including phenoxy) is 1. The first-order valence-electron chi connectivity index (χ1n) is 12.8. The Balaban J connectivity index is 0.00000616. The Kier molecular flexibility index (Phi) is 10.7. The second-order valence-electron chi connectivity index (χ2n) is 10.7. The van der Waals surface area contributed by atoms with Crippen molar-refractivity contribution in [3.63, 3.8) is 0 Å². The molecule has 1 aromatic heterocycles. The standard InChI is InChI=1S/C28H36N8O5.CH4/c1-15(2)34-25-26(39)36(14-23(38)32-12-16-6-7-20(24(30)31)22(37)8-16)21(13-33-25)17-9-18(29)11-19(10-17)35-27(40)41-28(3,4)5;/h6-11,13,15,37H,12,14,29H2,1-5H3,(H3,30,31)(H,32,38)(H,33,34)(H,35,40);1H4. The van der Waals surface area contributed by atoms with E-state index in [-0.39, 0.29) is 49.5 Å². The zero-order valence-corrected chi connectivity index (χ0v) is 23.7. The number of phenolic OH excluding ortho intramolecular Hbond substituents is 1. The Morgan fingerprint density at radius 3 is 2.45 bits per heavy atom. The van der Waals surface area contributed by atoms with E-state index in [2.05, 4.69) is 20.9 Å². The number of aromatic nitrogens is 2. The van der Waals surface area contributed by atoms with Gasteiger partial charge in [-0.15, -0.1) is 0 Å². The van der Waals surface area contributed by atoms with Crippen LogP contribution in [0, 0.1) is 5.41 Å². The molecule has 1 heterocycles. The molecule has 2 amide bonds. The van der Waals surface area contributed by atoms with Gasteiger partial charge in [0, 0.05) is 29.5 Å². The van der Waals surface area contributed by atoms with Crippen molar-refractivity contribution in [3.05, 3.63) is 64.1 Å². The SMILES string of the molecule is C.CC(C)Nc1ncc(-c2cc(N)cc(NC(=O)OC(C)(C)C)c2)n(CC(=O)NCc2ccc(C(=N)N)c(O)c2)c1=O. The molecule has 226 valence electrons. The third-order valence-corrected chi connectivity index (χ3v) is 5.52. The first-order valence-corrected chi connectivity index (χ1v) is 12.8. The number of anilines is 3. The van der Waals surface area contributed by atoms with Gasteiger partial charge in [-0.05, 0) is 70.5 Å². The van der Waals surface area contributed by atoms with Crippen LogP contribution < -0.4 is 33.0 Å². The number of amidine groups is 1. The number of amides is 2. The van der Waals surface area contributed by atoms with Crippen molar-refractivity contribution in [2.45, 2.75) is 66.8 Å². The quantitative estimate of drug-likeness (QED) is 0.112. The van der Waals surface area contributed by atoms with E-state index in [1.807, 2.05) is 13.8 Å². The predicted octanol–water partition coefficient (Wildman–Crippen LogP) is 3.60. The lowest BCUT2D eigenvalue weighted by atomic mass is 10.1. The largest absolute Gasteiger partial charge is 0.507 e. The molecule has 0 aliphatic heterocycles. The van der Waals surface area contributed by atoms with Crippen molar-refractivity contribution in [1.82, 2.24) is 14.9 Å². The maximum Gasteiger partial charge on any atom is 0.412 e. The Hall–Kier alpha value is -5.07. The molecule has 9 N–H and O–H groups in total. The molecule has 0 unspecified atom stereocenters. The van der Waals surface area contributed by atoms with Crippen LogP contribution in [0.4, 0.5) is 22.0 Å². The maximum atomic E-state index is 13.4. The summed E-state index contributed by atoms with van der Waals surface area (Å²) in [5.74, 6) is -0.878. The van der Waals surface area contributed by atoms with E-state index in [4.69, 9.17) is 21.6 Å². The molecule has 0 bridgehead atoms. The van der Waals surface area contributed by atoms with E-state index in [0.717, 1.165) is 0 Å². The minimum Gasteiger partial charge on any atom is -0.507 e. The molecule has 0 aliphatic rings. The number of hydrogen-bond donors (Lipinski definition) is 7. The van der Waals surface area contributed by atoms with E-state index in [0.29, 0.717) is 28.2 Å². The monoisotopic (exact) mass is 580 g/mol. The number of carbonyl (C=O) groups excluding carboxylic acids is 2. The second-order valence-corrected chi connectivity index (χ2v) is 10.7. The van der Waals surface area contributed by atoms with Crippen molar-refractivity contribution in [2.75, 3.05) is 16.4 Å². The van der Waals surface area contributed by atoms with Crippen LogP contribution in [0.5, 0.6) is 5.75 Å². The lowest BCUT2D eigenvalue weighted by molar-refractivity contribution is -0.121. The van der Waals surface area contributed by atoms with Gasteiger partial charge in [-0.25, -0.2) is 9.78 Å². The van der Waals surface area contributed by atoms with E-state index < -0.39 is 23.2 Å². The zero-order chi connectivity index (χ0) is 30.5. The van der Waals surface area contributed by atoms with Gasteiger partial charge in [0.2, 0.25) is 5.91 Å². The topological polar surface area (TPSA) is 210 Å². The molecule has 42 heavy (non-hydrogen) atoms. The van der Waals surface area contributed by atoms with Crippen LogP contribution in [-0.2, 0) is 22.6 Å². The van der Waals surface area contributed by atoms with Gasteiger partial charge in [0.25, 0.3) is 5.56 Å². The number of phenols is 1. The third kappa shape index (κ3) is 8.98. The summed E-state index contributed by atoms with van der Waals surface area (Å²) in [6, 6.07) is 9.15. The number of benzene rings is 2. The fourth-order valence-corrected chi connectivity index (χ4v) is 3.86. The third-order valence-electron chi connectivity index (χ3n) is 5.52. The maximum absolute atomic E-state index is 13.4. The van der Waals surface area contributed by atoms with Gasteiger partial charge in [-0.2, -0.15) is 0 Å². The smallest absolute Gasteiger partial charge is 0.412 e. The van der Waals surface area contributed by atoms with Crippen LogP contribution in [0.15, 0.2) is 47.4 Å². The first-order chi connectivity index (χ1) is 19.1. The molecule has 2 aromatic carbocycles. The highest BCUT2D eigenvalue weighted by Gasteiger charge is 2.19. The molecule has 0 atom stereocenters. The van der Waals surface area contributed by atoms with E-state index in [9.17, 15) is 19.5 Å². The minimum atomic E-state index is -0.710. The molecule has 0 spiro atoms. The molecule has 13 heteroatoms. The molecule has 3 aromatic rings. The van der Waals surface area contributed by atoms with Gasteiger partial charge in [0.05, 0.1) is 17.5 Å².